The fourth-order valence-electron chi connectivity index (χ4n) is 4.12. The molecule has 1 atom stereocenters. The molecule has 0 spiro atoms. The molecule has 0 saturated heterocycles. The highest BCUT2D eigenvalue weighted by molar-refractivity contribution is 6.00. The van der Waals surface area contributed by atoms with Crippen molar-refractivity contribution in [3.63, 3.8) is 0 Å². The molecular formula is C23H21FN6O. The Hall–Kier alpha value is -3.68. The van der Waals surface area contributed by atoms with Crippen molar-refractivity contribution in [1.29, 1.82) is 0 Å². The second-order valence-corrected chi connectivity index (χ2v) is 7.82. The standard InChI is InChI=1S/C23H21FN6O/c1-29-22(18(14-26-29)19-13-17(24)7-9-25-19)20(31)11-15-8-10-30-21(12-15)27-23(28-30)16-5-3-2-4-6-16/h2-7,9,13-15H,8,10-12H2,1H3. The van der Waals surface area contributed by atoms with Crippen LogP contribution >= 0.6 is 0 Å². The van der Waals surface area contributed by atoms with Crippen molar-refractivity contribution < 1.29 is 9.18 Å². The number of hydrogen-bond acceptors (Lipinski definition) is 5. The Morgan fingerprint density at radius 2 is 2.06 bits per heavy atom. The number of fused-ring (bicyclic) bond motifs is 1. The molecule has 1 aromatic carbocycles. The maximum absolute atomic E-state index is 13.7. The Kier molecular flexibility index (Phi) is 4.89. The summed E-state index contributed by atoms with van der Waals surface area (Å²) in [4.78, 5) is 22.1. The Morgan fingerprint density at radius 3 is 2.87 bits per heavy atom. The van der Waals surface area contributed by atoms with Gasteiger partial charge in [0.2, 0.25) is 0 Å². The third-order valence-electron chi connectivity index (χ3n) is 5.68. The molecule has 4 heterocycles. The molecule has 3 aromatic heterocycles. The number of rotatable bonds is 5. The molecule has 0 N–H and O–H groups in total. The average Bonchev–Trinajstić information content (AvgIpc) is 3.37. The van der Waals surface area contributed by atoms with Crippen LogP contribution in [0.15, 0.2) is 54.9 Å². The van der Waals surface area contributed by atoms with Crippen molar-refractivity contribution in [1.82, 2.24) is 29.5 Å². The van der Waals surface area contributed by atoms with Crippen molar-refractivity contribution in [3.05, 3.63) is 72.2 Å². The highest BCUT2D eigenvalue weighted by atomic mass is 19.1. The molecule has 7 nitrogen and oxygen atoms in total. The van der Waals surface area contributed by atoms with Gasteiger partial charge in [0, 0.05) is 49.8 Å². The van der Waals surface area contributed by atoms with E-state index in [-0.39, 0.29) is 11.7 Å². The van der Waals surface area contributed by atoms with Crippen LogP contribution in [-0.2, 0) is 20.0 Å². The number of benzene rings is 1. The highest BCUT2D eigenvalue weighted by Crippen LogP contribution is 2.28. The summed E-state index contributed by atoms with van der Waals surface area (Å²) in [5, 5.41) is 8.84. The molecule has 0 bridgehead atoms. The van der Waals surface area contributed by atoms with Crippen LogP contribution in [0.2, 0.25) is 0 Å². The van der Waals surface area contributed by atoms with E-state index < -0.39 is 5.82 Å². The molecule has 1 aliphatic rings. The first-order valence-corrected chi connectivity index (χ1v) is 10.2. The van der Waals surface area contributed by atoms with Crippen molar-refractivity contribution >= 4 is 5.78 Å². The summed E-state index contributed by atoms with van der Waals surface area (Å²) in [5.41, 5.74) is 2.40. The summed E-state index contributed by atoms with van der Waals surface area (Å²) in [5.74, 6) is 1.36. The quantitative estimate of drug-likeness (QED) is 0.464. The average molecular weight is 416 g/mol. The molecule has 4 aromatic rings. The van der Waals surface area contributed by atoms with Gasteiger partial charge in [0.25, 0.3) is 0 Å². The van der Waals surface area contributed by atoms with Crippen LogP contribution in [0.3, 0.4) is 0 Å². The summed E-state index contributed by atoms with van der Waals surface area (Å²) in [6.07, 6.45) is 4.87. The minimum Gasteiger partial charge on any atom is -0.292 e. The summed E-state index contributed by atoms with van der Waals surface area (Å²) in [6.45, 7) is 0.733. The van der Waals surface area contributed by atoms with E-state index in [4.69, 9.17) is 4.98 Å². The molecule has 5 rings (SSSR count). The molecule has 1 unspecified atom stereocenters. The van der Waals surface area contributed by atoms with Crippen LogP contribution in [0.25, 0.3) is 22.6 Å². The number of pyridine rings is 1. The smallest absolute Gasteiger partial charge is 0.181 e. The third-order valence-corrected chi connectivity index (χ3v) is 5.68. The SMILES string of the molecule is Cn1ncc(-c2cc(F)ccn2)c1C(=O)CC1CCn2nc(-c3ccccc3)nc2C1. The number of aromatic nitrogens is 6. The van der Waals surface area contributed by atoms with Crippen molar-refractivity contribution in [2.75, 3.05) is 0 Å². The molecule has 0 aliphatic carbocycles. The zero-order valence-corrected chi connectivity index (χ0v) is 17.1. The number of halogens is 1. The van der Waals surface area contributed by atoms with Gasteiger partial charge in [-0.25, -0.2) is 14.1 Å². The topological polar surface area (TPSA) is 78.5 Å². The summed E-state index contributed by atoms with van der Waals surface area (Å²) in [6, 6.07) is 12.5. The van der Waals surface area contributed by atoms with Crippen LogP contribution in [0.4, 0.5) is 4.39 Å². The number of carbonyl (C=O) groups is 1. The van der Waals surface area contributed by atoms with Gasteiger partial charge in [-0.2, -0.15) is 10.2 Å². The van der Waals surface area contributed by atoms with E-state index in [0.29, 0.717) is 35.6 Å². The van der Waals surface area contributed by atoms with Gasteiger partial charge in [0.1, 0.15) is 17.3 Å². The summed E-state index contributed by atoms with van der Waals surface area (Å²) >= 11 is 0. The summed E-state index contributed by atoms with van der Waals surface area (Å²) in [7, 11) is 1.72. The lowest BCUT2D eigenvalue weighted by Crippen LogP contribution is -2.23. The maximum atomic E-state index is 13.7. The molecule has 0 amide bonds. The number of aryl methyl sites for hydroxylation is 2. The number of ketones is 1. The van der Waals surface area contributed by atoms with Crippen LogP contribution in [0, 0.1) is 11.7 Å². The second kappa shape index (κ2) is 7.86. The van der Waals surface area contributed by atoms with Crippen molar-refractivity contribution in [2.45, 2.75) is 25.8 Å². The molecule has 156 valence electrons. The Bertz CT molecular complexity index is 1250. The molecule has 0 fully saturated rings. The number of hydrogen-bond donors (Lipinski definition) is 0. The normalized spacial score (nSPS) is 15.6. The van der Waals surface area contributed by atoms with Gasteiger partial charge in [-0.3, -0.25) is 14.5 Å². The second-order valence-electron chi connectivity index (χ2n) is 7.82. The minimum atomic E-state index is -0.395. The predicted octanol–water partition coefficient (Wildman–Crippen LogP) is 3.72. The zero-order valence-electron chi connectivity index (χ0n) is 17.1. The van der Waals surface area contributed by atoms with Crippen LogP contribution in [-0.4, -0.2) is 35.3 Å². The van der Waals surface area contributed by atoms with E-state index in [0.717, 1.165) is 24.4 Å². The monoisotopic (exact) mass is 416 g/mol. The van der Waals surface area contributed by atoms with Crippen molar-refractivity contribution in [3.8, 4) is 22.6 Å². The lowest BCUT2D eigenvalue weighted by Gasteiger charge is -2.21. The number of nitrogens with zero attached hydrogens (tertiary/aromatic N) is 6. The lowest BCUT2D eigenvalue weighted by atomic mass is 9.91. The molecule has 31 heavy (non-hydrogen) atoms. The first kappa shape index (κ1) is 19.3. The van der Waals surface area contributed by atoms with Crippen LogP contribution < -0.4 is 0 Å². The number of carbonyl (C=O) groups excluding carboxylic acids is 1. The molecular weight excluding hydrogens is 395 g/mol. The number of Topliss-reactive ketones (excluding diaryl/α,β-unsaturated/α-hetero) is 1. The fraction of sp³-hybridized carbons (Fsp3) is 0.261. The van der Waals surface area contributed by atoms with Crippen molar-refractivity contribution in [2.24, 2.45) is 13.0 Å². The van der Waals surface area contributed by atoms with E-state index in [1.54, 1.807) is 17.9 Å². The maximum Gasteiger partial charge on any atom is 0.181 e. The van der Waals surface area contributed by atoms with Gasteiger partial charge in [-0.1, -0.05) is 30.3 Å². The van der Waals surface area contributed by atoms with Gasteiger partial charge in [0.05, 0.1) is 11.9 Å². The van der Waals surface area contributed by atoms with Crippen LogP contribution in [0.1, 0.15) is 29.2 Å². The Balaban J connectivity index is 1.35. The van der Waals surface area contributed by atoms with Gasteiger partial charge < -0.3 is 0 Å². The van der Waals surface area contributed by atoms with E-state index >= 15 is 0 Å². The van der Waals surface area contributed by atoms with E-state index in [1.807, 2.05) is 35.0 Å². The third kappa shape index (κ3) is 3.76. The predicted molar refractivity (Wildman–Crippen MR) is 113 cm³/mol. The van der Waals surface area contributed by atoms with Gasteiger partial charge >= 0.3 is 0 Å². The molecule has 8 heteroatoms. The first-order valence-electron chi connectivity index (χ1n) is 10.2. The molecule has 0 radical (unpaired) electrons. The Morgan fingerprint density at radius 1 is 1.23 bits per heavy atom. The molecule has 0 saturated carbocycles. The van der Waals surface area contributed by atoms with E-state index in [1.165, 1.54) is 18.3 Å². The van der Waals surface area contributed by atoms with E-state index in [9.17, 15) is 9.18 Å². The largest absolute Gasteiger partial charge is 0.292 e. The zero-order chi connectivity index (χ0) is 21.4. The van der Waals surface area contributed by atoms with Gasteiger partial charge in [0.15, 0.2) is 11.6 Å². The Labute approximate surface area is 178 Å². The van der Waals surface area contributed by atoms with Crippen LogP contribution in [0.5, 0.6) is 0 Å². The fourth-order valence-corrected chi connectivity index (χ4v) is 4.12. The highest BCUT2D eigenvalue weighted by Gasteiger charge is 2.27. The summed E-state index contributed by atoms with van der Waals surface area (Å²) < 4.78 is 17.1. The first-order chi connectivity index (χ1) is 15.1. The molecule has 1 aliphatic heterocycles. The van der Waals surface area contributed by atoms with E-state index in [2.05, 4.69) is 15.2 Å². The lowest BCUT2D eigenvalue weighted by molar-refractivity contribution is 0.0944. The van der Waals surface area contributed by atoms with Gasteiger partial charge in [-0.15, -0.1) is 0 Å². The minimum absolute atomic E-state index is 0.0256. The van der Waals surface area contributed by atoms with Gasteiger partial charge in [-0.05, 0) is 18.4 Å².